The molecular weight excluding hydrogens is 427 g/mol. The van der Waals surface area contributed by atoms with Crippen molar-refractivity contribution in [3.8, 4) is 11.3 Å². The van der Waals surface area contributed by atoms with Gasteiger partial charge in [-0.2, -0.15) is 10.2 Å². The first-order valence-electron chi connectivity index (χ1n) is 9.00. The molecule has 3 aromatic rings. The molecule has 7 nitrogen and oxygen atoms in total. The van der Waals surface area contributed by atoms with E-state index < -0.39 is 17.0 Å². The third kappa shape index (κ3) is 3.69. The number of aromatic carboxylic acids is 1. The number of benzene rings is 2. The van der Waals surface area contributed by atoms with Crippen LogP contribution in [0.3, 0.4) is 0 Å². The Morgan fingerprint density at radius 3 is 2.73 bits per heavy atom. The van der Waals surface area contributed by atoms with Crippen molar-refractivity contribution in [2.24, 2.45) is 10.2 Å². The van der Waals surface area contributed by atoms with E-state index in [0.29, 0.717) is 22.6 Å². The predicted molar refractivity (Wildman–Crippen MR) is 115 cm³/mol. The molecule has 30 heavy (non-hydrogen) atoms. The molecule has 1 atom stereocenters. The van der Waals surface area contributed by atoms with Gasteiger partial charge in [-0.3, -0.25) is 4.79 Å². The fraction of sp³-hybridized carbons (Fsp3) is 0.143. The molecule has 1 amide bonds. The van der Waals surface area contributed by atoms with Crippen LogP contribution in [-0.4, -0.2) is 21.6 Å². The van der Waals surface area contributed by atoms with E-state index in [1.807, 2.05) is 25.1 Å². The second-order valence-corrected chi connectivity index (χ2v) is 7.91. The number of carbonyl (C=O) groups is 2. The molecule has 9 heteroatoms. The van der Waals surface area contributed by atoms with Gasteiger partial charge in [-0.25, -0.2) is 4.79 Å². The smallest absolute Gasteiger partial charge is 0.335 e. The number of amides is 1. The highest BCUT2D eigenvalue weighted by Crippen LogP contribution is 2.42. The van der Waals surface area contributed by atoms with Gasteiger partial charge in [0.05, 0.1) is 22.6 Å². The minimum Gasteiger partial charge on any atom is -0.478 e. The molecule has 2 aromatic carbocycles. The Kier molecular flexibility index (Phi) is 5.32. The lowest BCUT2D eigenvalue weighted by Gasteiger charge is -2.14. The molecule has 152 valence electrons. The summed E-state index contributed by atoms with van der Waals surface area (Å²) in [5.74, 6) is -1.46. The van der Waals surface area contributed by atoms with Crippen LogP contribution in [0, 0.1) is 6.92 Å². The van der Waals surface area contributed by atoms with Crippen LogP contribution in [0.4, 0.5) is 11.4 Å². The number of halogens is 2. The number of nitrogens with one attached hydrogen (secondary N) is 1. The summed E-state index contributed by atoms with van der Waals surface area (Å²) >= 11 is 12.4. The Morgan fingerprint density at radius 2 is 2.00 bits per heavy atom. The summed E-state index contributed by atoms with van der Waals surface area (Å²) in [6, 6.07) is 13.4. The van der Waals surface area contributed by atoms with Crippen molar-refractivity contribution in [2.75, 3.05) is 5.32 Å². The number of aromatic nitrogens is 1. The van der Waals surface area contributed by atoms with Crippen molar-refractivity contribution in [1.82, 2.24) is 4.57 Å². The van der Waals surface area contributed by atoms with Crippen molar-refractivity contribution in [1.29, 1.82) is 0 Å². The number of hydrogen-bond acceptors (Lipinski definition) is 4. The average Bonchev–Trinajstić information content (AvgIpc) is 3.10. The van der Waals surface area contributed by atoms with Gasteiger partial charge in [0.25, 0.3) is 5.91 Å². The molecule has 0 fully saturated rings. The standard InChI is InChI=1S/C21H16Cl2N4O3/c1-11-5-6-16-15(9-11)17-14(18(22)23)7-8-27(17)19(20(28)24-16)26-25-13-4-2-3-12(10-13)21(29)30/h2-10,18-19H,1H3,(H,24,28)(H,29,30)/t19-/m1/s1. The third-order valence-corrected chi connectivity index (χ3v) is 5.21. The van der Waals surface area contributed by atoms with Gasteiger partial charge < -0.3 is 15.0 Å². The number of fused-ring (bicyclic) bond motifs is 3. The summed E-state index contributed by atoms with van der Waals surface area (Å²) in [5, 5.41) is 20.3. The number of hydrogen-bond donors (Lipinski definition) is 2. The van der Waals surface area contributed by atoms with E-state index in [0.717, 1.165) is 11.1 Å². The topological polar surface area (TPSA) is 96.1 Å². The maximum Gasteiger partial charge on any atom is 0.335 e. The maximum atomic E-state index is 13.0. The van der Waals surface area contributed by atoms with Gasteiger partial charge in [-0.1, -0.05) is 40.9 Å². The van der Waals surface area contributed by atoms with Crippen LogP contribution in [0.15, 0.2) is 65.0 Å². The van der Waals surface area contributed by atoms with Crippen molar-refractivity contribution < 1.29 is 14.7 Å². The molecule has 1 aromatic heterocycles. The second kappa shape index (κ2) is 7.93. The Bertz CT molecular complexity index is 1190. The number of carboxylic acid groups (broad SMARTS) is 1. The van der Waals surface area contributed by atoms with E-state index in [1.54, 1.807) is 29.0 Å². The van der Waals surface area contributed by atoms with Gasteiger partial charge in [0.15, 0.2) is 0 Å². The number of aryl methyl sites for hydroxylation is 1. The second-order valence-electron chi connectivity index (χ2n) is 6.81. The van der Waals surface area contributed by atoms with Gasteiger partial charge in [-0.15, -0.1) is 0 Å². The zero-order valence-corrected chi connectivity index (χ0v) is 17.2. The number of nitrogens with zero attached hydrogens (tertiary/aromatic N) is 3. The van der Waals surface area contributed by atoms with E-state index >= 15 is 0 Å². The molecule has 4 rings (SSSR count). The Morgan fingerprint density at radius 1 is 1.20 bits per heavy atom. The Balaban J connectivity index is 1.82. The van der Waals surface area contributed by atoms with E-state index in [-0.39, 0.29) is 11.5 Å². The van der Waals surface area contributed by atoms with Crippen molar-refractivity contribution in [2.45, 2.75) is 17.9 Å². The van der Waals surface area contributed by atoms with Crippen molar-refractivity contribution in [3.05, 3.63) is 71.4 Å². The number of anilines is 1. The molecular formula is C21H16Cl2N4O3. The molecule has 0 saturated carbocycles. The van der Waals surface area contributed by atoms with Gasteiger partial charge >= 0.3 is 5.97 Å². The van der Waals surface area contributed by atoms with Gasteiger partial charge in [0.1, 0.15) is 4.84 Å². The third-order valence-electron chi connectivity index (χ3n) is 4.74. The molecule has 0 spiro atoms. The first-order chi connectivity index (χ1) is 14.3. The minimum atomic E-state index is -1.07. The monoisotopic (exact) mass is 442 g/mol. The van der Waals surface area contributed by atoms with Crippen LogP contribution in [0.2, 0.25) is 0 Å². The molecule has 0 saturated heterocycles. The molecule has 0 aliphatic carbocycles. The zero-order chi connectivity index (χ0) is 21.4. The zero-order valence-electron chi connectivity index (χ0n) is 15.7. The fourth-order valence-electron chi connectivity index (χ4n) is 3.35. The number of rotatable bonds is 4. The number of carbonyl (C=O) groups excluding carboxylic acids is 1. The lowest BCUT2D eigenvalue weighted by Crippen LogP contribution is -2.22. The van der Waals surface area contributed by atoms with Crippen LogP contribution >= 0.6 is 23.2 Å². The van der Waals surface area contributed by atoms with Gasteiger partial charge in [-0.05, 0) is 43.3 Å². The summed E-state index contributed by atoms with van der Waals surface area (Å²) < 4.78 is 1.66. The van der Waals surface area contributed by atoms with Crippen molar-refractivity contribution >= 4 is 46.5 Å². The highest BCUT2D eigenvalue weighted by atomic mass is 35.5. The van der Waals surface area contributed by atoms with E-state index in [2.05, 4.69) is 15.5 Å². The fourth-order valence-corrected chi connectivity index (χ4v) is 3.71. The molecule has 2 heterocycles. The van der Waals surface area contributed by atoms with Crippen LogP contribution < -0.4 is 5.32 Å². The predicted octanol–water partition coefficient (Wildman–Crippen LogP) is 5.87. The summed E-state index contributed by atoms with van der Waals surface area (Å²) in [7, 11) is 0. The maximum absolute atomic E-state index is 13.0. The lowest BCUT2D eigenvalue weighted by molar-refractivity contribution is -0.119. The highest BCUT2D eigenvalue weighted by Gasteiger charge is 2.31. The van der Waals surface area contributed by atoms with Crippen molar-refractivity contribution in [3.63, 3.8) is 0 Å². The van der Waals surface area contributed by atoms with E-state index in [1.165, 1.54) is 12.1 Å². The molecule has 1 aliphatic heterocycles. The summed E-state index contributed by atoms with van der Waals surface area (Å²) in [5.41, 5.74) is 4.12. The minimum absolute atomic E-state index is 0.0794. The lowest BCUT2D eigenvalue weighted by atomic mass is 10.0. The summed E-state index contributed by atoms with van der Waals surface area (Å²) in [4.78, 5) is 23.3. The van der Waals surface area contributed by atoms with Gasteiger partial charge in [0.2, 0.25) is 6.17 Å². The number of carboxylic acids is 1. The molecule has 0 bridgehead atoms. The normalized spacial score (nSPS) is 15.6. The molecule has 0 unspecified atom stereocenters. The molecule has 2 N–H and O–H groups in total. The number of azo groups is 1. The highest BCUT2D eigenvalue weighted by molar-refractivity contribution is 6.44. The summed E-state index contributed by atoms with van der Waals surface area (Å²) in [6.07, 6.45) is 0.665. The largest absolute Gasteiger partial charge is 0.478 e. The summed E-state index contributed by atoms with van der Waals surface area (Å²) in [6.45, 7) is 1.95. The van der Waals surface area contributed by atoms with Crippen LogP contribution in [0.1, 0.15) is 32.5 Å². The van der Waals surface area contributed by atoms with Gasteiger partial charge in [0, 0.05) is 17.3 Å². The number of alkyl halides is 2. The van der Waals surface area contributed by atoms with E-state index in [4.69, 9.17) is 28.3 Å². The average molecular weight is 443 g/mol. The van der Waals surface area contributed by atoms with Crippen LogP contribution in [0.25, 0.3) is 11.3 Å². The van der Waals surface area contributed by atoms with Crippen LogP contribution in [0.5, 0.6) is 0 Å². The first kappa shape index (κ1) is 20.1. The molecule has 1 aliphatic rings. The Hall–Kier alpha value is -3.16. The quantitative estimate of drug-likeness (QED) is 0.390. The first-order valence-corrected chi connectivity index (χ1v) is 9.87. The Labute approximate surface area is 182 Å². The molecule has 0 radical (unpaired) electrons. The SMILES string of the molecule is Cc1ccc2c(c1)-c1c(C(Cl)Cl)ccn1[C@@H](N=Nc1cccc(C(=O)O)c1)C(=O)N2. The van der Waals surface area contributed by atoms with Crippen LogP contribution in [-0.2, 0) is 4.79 Å². The van der Waals surface area contributed by atoms with E-state index in [9.17, 15) is 9.59 Å².